The minimum atomic E-state index is 0.269. The van der Waals surface area contributed by atoms with Crippen LogP contribution in [0.15, 0.2) is 47.4 Å². The fraction of sp³-hybridized carbons (Fsp3) is 0.368. The van der Waals surface area contributed by atoms with Crippen LogP contribution in [0.5, 0.6) is 5.75 Å². The highest BCUT2D eigenvalue weighted by molar-refractivity contribution is 7.99. The molecule has 2 aromatic carbocycles. The smallest absolute Gasteiger partial charge is 0.119 e. The van der Waals surface area contributed by atoms with Crippen LogP contribution >= 0.6 is 35.0 Å². The van der Waals surface area contributed by atoms with Gasteiger partial charge in [-0.3, -0.25) is 0 Å². The highest BCUT2D eigenvalue weighted by Crippen LogP contribution is 2.29. The van der Waals surface area contributed by atoms with Crippen LogP contribution < -0.4 is 10.1 Å². The first kappa shape index (κ1) is 19.5. The molecule has 0 saturated heterocycles. The van der Waals surface area contributed by atoms with E-state index >= 15 is 0 Å². The number of ether oxygens (including phenoxy) is 1. The maximum atomic E-state index is 6.18. The summed E-state index contributed by atoms with van der Waals surface area (Å²) in [4.78, 5) is 1.02. The molecule has 2 nitrogen and oxygen atoms in total. The van der Waals surface area contributed by atoms with Crippen molar-refractivity contribution in [1.29, 1.82) is 0 Å². The van der Waals surface area contributed by atoms with E-state index in [9.17, 15) is 0 Å². The Morgan fingerprint density at radius 3 is 2.79 bits per heavy atom. The second kappa shape index (κ2) is 10.2. The van der Waals surface area contributed by atoms with Crippen LogP contribution in [-0.2, 0) is 0 Å². The van der Waals surface area contributed by atoms with Crippen LogP contribution in [0.4, 0.5) is 0 Å². The van der Waals surface area contributed by atoms with E-state index in [1.807, 2.05) is 30.3 Å². The van der Waals surface area contributed by atoms with Crippen molar-refractivity contribution in [2.24, 2.45) is 0 Å². The molecule has 0 aromatic heterocycles. The summed E-state index contributed by atoms with van der Waals surface area (Å²) in [6, 6.07) is 14.1. The van der Waals surface area contributed by atoms with E-state index in [0.29, 0.717) is 5.02 Å². The Labute approximate surface area is 158 Å². The van der Waals surface area contributed by atoms with Crippen LogP contribution in [0.1, 0.15) is 31.9 Å². The van der Waals surface area contributed by atoms with Gasteiger partial charge in [0.15, 0.2) is 0 Å². The van der Waals surface area contributed by atoms with Gasteiger partial charge in [0, 0.05) is 28.3 Å². The zero-order chi connectivity index (χ0) is 17.4. The fourth-order valence-electron chi connectivity index (χ4n) is 2.24. The van der Waals surface area contributed by atoms with Gasteiger partial charge < -0.3 is 10.1 Å². The van der Waals surface area contributed by atoms with Gasteiger partial charge in [-0.1, -0.05) is 42.3 Å². The molecule has 1 atom stereocenters. The van der Waals surface area contributed by atoms with Crippen LogP contribution in [0, 0.1) is 0 Å². The molecule has 1 N–H and O–H groups in total. The summed E-state index contributed by atoms with van der Waals surface area (Å²) >= 11 is 13.9. The lowest BCUT2D eigenvalue weighted by Crippen LogP contribution is -2.21. The van der Waals surface area contributed by atoms with Gasteiger partial charge in [0.25, 0.3) is 0 Å². The highest BCUT2D eigenvalue weighted by Gasteiger charge is 2.07. The summed E-state index contributed by atoms with van der Waals surface area (Å²) in [7, 11) is 0. The first-order chi connectivity index (χ1) is 11.6. The van der Waals surface area contributed by atoms with E-state index in [4.69, 9.17) is 27.9 Å². The molecule has 0 aliphatic heterocycles. The van der Waals surface area contributed by atoms with Crippen molar-refractivity contribution in [2.75, 3.05) is 18.9 Å². The third-order valence-corrected chi connectivity index (χ3v) is 5.27. The molecule has 0 amide bonds. The third kappa shape index (κ3) is 6.21. The molecule has 0 heterocycles. The Hall–Kier alpha value is -0.870. The summed E-state index contributed by atoms with van der Waals surface area (Å²) in [5.74, 6) is 1.86. The van der Waals surface area contributed by atoms with Gasteiger partial charge in [0.1, 0.15) is 5.75 Å². The second-order valence-corrected chi connectivity index (χ2v) is 7.50. The zero-order valence-electron chi connectivity index (χ0n) is 14.0. The van der Waals surface area contributed by atoms with Crippen molar-refractivity contribution in [2.45, 2.75) is 31.2 Å². The predicted octanol–water partition coefficient (Wildman–Crippen LogP) is 6.23. The van der Waals surface area contributed by atoms with Crippen molar-refractivity contribution < 1.29 is 4.74 Å². The highest BCUT2D eigenvalue weighted by atomic mass is 35.5. The predicted molar refractivity (Wildman–Crippen MR) is 106 cm³/mol. The van der Waals surface area contributed by atoms with E-state index in [1.54, 1.807) is 11.8 Å². The minimum Gasteiger partial charge on any atom is -0.494 e. The Balaban J connectivity index is 1.80. The first-order valence-corrected chi connectivity index (χ1v) is 9.88. The summed E-state index contributed by atoms with van der Waals surface area (Å²) in [5, 5.41) is 5.00. The molecule has 0 bridgehead atoms. The molecule has 0 aliphatic rings. The zero-order valence-corrected chi connectivity index (χ0v) is 16.3. The van der Waals surface area contributed by atoms with Crippen molar-refractivity contribution in [3.63, 3.8) is 0 Å². The molecule has 0 fully saturated rings. The standard InChI is InChI=1S/C19H23Cl2NOS/c1-3-10-23-17-6-4-5-15(12-17)14(2)22-9-11-24-19-13-16(20)7-8-18(19)21/h4-8,12-14,22H,3,9-11H2,1-2H3. The molecule has 130 valence electrons. The number of hydrogen-bond donors (Lipinski definition) is 1. The van der Waals surface area contributed by atoms with Gasteiger partial charge in [0.05, 0.1) is 11.6 Å². The number of rotatable bonds is 9. The van der Waals surface area contributed by atoms with Gasteiger partial charge >= 0.3 is 0 Å². The maximum Gasteiger partial charge on any atom is 0.119 e. The molecule has 5 heteroatoms. The normalized spacial score (nSPS) is 12.2. The molecular weight excluding hydrogens is 361 g/mol. The number of halogens is 2. The molecule has 24 heavy (non-hydrogen) atoms. The van der Waals surface area contributed by atoms with Gasteiger partial charge in [-0.25, -0.2) is 0 Å². The van der Waals surface area contributed by atoms with E-state index in [0.717, 1.165) is 41.0 Å². The number of hydrogen-bond acceptors (Lipinski definition) is 3. The van der Waals surface area contributed by atoms with Gasteiger partial charge in [-0.2, -0.15) is 0 Å². The maximum absolute atomic E-state index is 6.18. The Morgan fingerprint density at radius 1 is 1.17 bits per heavy atom. The largest absolute Gasteiger partial charge is 0.494 e. The summed E-state index contributed by atoms with van der Waals surface area (Å²) in [6.45, 7) is 5.91. The average Bonchev–Trinajstić information content (AvgIpc) is 2.59. The van der Waals surface area contributed by atoms with Gasteiger partial charge in [-0.05, 0) is 49.2 Å². The third-order valence-electron chi connectivity index (χ3n) is 3.53. The lowest BCUT2D eigenvalue weighted by atomic mass is 10.1. The Morgan fingerprint density at radius 2 is 2.00 bits per heavy atom. The van der Waals surface area contributed by atoms with Crippen LogP contribution in [-0.4, -0.2) is 18.9 Å². The SMILES string of the molecule is CCCOc1cccc(C(C)NCCSc2cc(Cl)ccc2Cl)c1. The lowest BCUT2D eigenvalue weighted by Gasteiger charge is -2.15. The summed E-state index contributed by atoms with van der Waals surface area (Å²) < 4.78 is 5.69. The average molecular weight is 384 g/mol. The van der Waals surface area contributed by atoms with E-state index in [2.05, 4.69) is 31.3 Å². The summed E-state index contributed by atoms with van der Waals surface area (Å²) in [5.41, 5.74) is 1.23. The van der Waals surface area contributed by atoms with Crippen molar-refractivity contribution >= 4 is 35.0 Å². The molecule has 1 unspecified atom stereocenters. The van der Waals surface area contributed by atoms with Gasteiger partial charge in [0.2, 0.25) is 0 Å². The molecule has 0 spiro atoms. The van der Waals surface area contributed by atoms with E-state index < -0.39 is 0 Å². The van der Waals surface area contributed by atoms with Crippen LogP contribution in [0.3, 0.4) is 0 Å². The molecule has 0 radical (unpaired) electrons. The second-order valence-electron chi connectivity index (χ2n) is 5.52. The monoisotopic (exact) mass is 383 g/mol. The van der Waals surface area contributed by atoms with Crippen molar-refractivity contribution in [1.82, 2.24) is 5.32 Å². The quantitative estimate of drug-likeness (QED) is 0.409. The number of benzene rings is 2. The summed E-state index contributed by atoms with van der Waals surface area (Å²) in [6.07, 6.45) is 1.02. The Kier molecular flexibility index (Phi) is 8.26. The van der Waals surface area contributed by atoms with Gasteiger partial charge in [-0.15, -0.1) is 11.8 Å². The molecule has 2 rings (SSSR count). The fourth-order valence-corrected chi connectivity index (χ4v) is 3.61. The van der Waals surface area contributed by atoms with E-state index in [-0.39, 0.29) is 6.04 Å². The molecule has 0 saturated carbocycles. The van der Waals surface area contributed by atoms with E-state index in [1.165, 1.54) is 5.56 Å². The minimum absolute atomic E-state index is 0.269. The van der Waals surface area contributed by atoms with Crippen LogP contribution in [0.25, 0.3) is 0 Å². The molecule has 2 aromatic rings. The lowest BCUT2D eigenvalue weighted by molar-refractivity contribution is 0.317. The first-order valence-electron chi connectivity index (χ1n) is 8.14. The van der Waals surface area contributed by atoms with Crippen molar-refractivity contribution in [3.8, 4) is 5.75 Å². The molecular formula is C19H23Cl2NOS. The number of thioether (sulfide) groups is 1. The van der Waals surface area contributed by atoms with Crippen LogP contribution in [0.2, 0.25) is 10.0 Å². The number of nitrogens with one attached hydrogen (secondary N) is 1. The molecule has 0 aliphatic carbocycles. The van der Waals surface area contributed by atoms with Crippen molar-refractivity contribution in [3.05, 3.63) is 58.1 Å². The Bertz CT molecular complexity index is 651. The topological polar surface area (TPSA) is 21.3 Å².